The van der Waals surface area contributed by atoms with Crippen molar-refractivity contribution >= 4 is 23.5 Å². The molecule has 0 bridgehead atoms. The fourth-order valence-corrected chi connectivity index (χ4v) is 2.19. The third-order valence-electron chi connectivity index (χ3n) is 3.34. The Bertz CT molecular complexity index is 495. The Morgan fingerprint density at radius 2 is 1.89 bits per heavy atom. The topological polar surface area (TPSA) is 66.4 Å². The number of carbonyl (C=O) groups is 2. The van der Waals surface area contributed by atoms with Crippen molar-refractivity contribution in [3.05, 3.63) is 34.3 Å². The molecular weight excluding hydrogens is 266 g/mol. The molecule has 0 saturated heterocycles. The number of halogens is 1. The van der Waals surface area contributed by atoms with Gasteiger partial charge >= 0.3 is 5.97 Å². The standard InChI is InChI=1S/C14H18ClNO3/c1-4-14(5-2,13(18)19)16-12(17)10-7-6-9(3)8-11(10)15/h6-8H,4-5H2,1-3H3,(H,16,17)(H,18,19). The van der Waals surface area contributed by atoms with Crippen molar-refractivity contribution < 1.29 is 14.7 Å². The Kier molecular flexibility index (Phi) is 4.95. The molecule has 19 heavy (non-hydrogen) atoms. The number of carbonyl (C=O) groups excluding carboxylic acids is 1. The summed E-state index contributed by atoms with van der Waals surface area (Å²) in [7, 11) is 0. The second-order valence-electron chi connectivity index (χ2n) is 4.53. The third kappa shape index (κ3) is 3.26. The van der Waals surface area contributed by atoms with Crippen molar-refractivity contribution in [1.29, 1.82) is 0 Å². The molecule has 1 rings (SSSR count). The minimum atomic E-state index is -1.24. The van der Waals surface area contributed by atoms with E-state index >= 15 is 0 Å². The van der Waals surface area contributed by atoms with Crippen LogP contribution in [0.3, 0.4) is 0 Å². The van der Waals surface area contributed by atoms with Gasteiger partial charge in [-0.3, -0.25) is 4.79 Å². The summed E-state index contributed by atoms with van der Waals surface area (Å²) in [6.07, 6.45) is 0.627. The predicted octanol–water partition coefficient (Wildman–Crippen LogP) is 3.02. The Morgan fingerprint density at radius 1 is 1.32 bits per heavy atom. The van der Waals surface area contributed by atoms with E-state index in [-0.39, 0.29) is 0 Å². The smallest absolute Gasteiger partial charge is 0.329 e. The van der Waals surface area contributed by atoms with Gasteiger partial charge < -0.3 is 10.4 Å². The number of nitrogens with one attached hydrogen (secondary N) is 1. The lowest BCUT2D eigenvalue weighted by Crippen LogP contribution is -2.53. The van der Waals surface area contributed by atoms with Gasteiger partial charge in [-0.05, 0) is 37.5 Å². The Hall–Kier alpha value is -1.55. The van der Waals surface area contributed by atoms with Crippen LogP contribution in [0.2, 0.25) is 5.02 Å². The second-order valence-corrected chi connectivity index (χ2v) is 4.94. The minimum absolute atomic E-state index is 0.291. The molecule has 2 N–H and O–H groups in total. The first-order valence-corrected chi connectivity index (χ1v) is 6.56. The fraction of sp³-hybridized carbons (Fsp3) is 0.429. The maximum atomic E-state index is 12.2. The van der Waals surface area contributed by atoms with Crippen LogP contribution in [0.5, 0.6) is 0 Å². The number of carboxylic acids is 1. The lowest BCUT2D eigenvalue weighted by molar-refractivity contribution is -0.144. The fourth-order valence-electron chi connectivity index (χ4n) is 1.87. The summed E-state index contributed by atoms with van der Waals surface area (Å²) >= 11 is 6.01. The van der Waals surface area contributed by atoms with Crippen LogP contribution in [-0.2, 0) is 4.79 Å². The summed E-state index contributed by atoms with van der Waals surface area (Å²) < 4.78 is 0. The van der Waals surface area contributed by atoms with E-state index < -0.39 is 17.4 Å². The third-order valence-corrected chi connectivity index (χ3v) is 3.65. The monoisotopic (exact) mass is 283 g/mol. The van der Waals surface area contributed by atoms with Crippen LogP contribution in [0.1, 0.15) is 42.6 Å². The number of carboxylic acid groups (broad SMARTS) is 1. The molecule has 1 amide bonds. The number of rotatable bonds is 5. The van der Waals surface area contributed by atoms with Gasteiger partial charge in [-0.2, -0.15) is 0 Å². The first-order valence-electron chi connectivity index (χ1n) is 6.18. The van der Waals surface area contributed by atoms with Crippen molar-refractivity contribution in [3.63, 3.8) is 0 Å². The van der Waals surface area contributed by atoms with Gasteiger partial charge in [0, 0.05) is 0 Å². The van der Waals surface area contributed by atoms with E-state index in [1.54, 1.807) is 32.0 Å². The summed E-state index contributed by atoms with van der Waals surface area (Å²) in [5.74, 6) is -1.50. The maximum Gasteiger partial charge on any atom is 0.329 e. The highest BCUT2D eigenvalue weighted by Crippen LogP contribution is 2.21. The highest BCUT2D eigenvalue weighted by molar-refractivity contribution is 6.34. The van der Waals surface area contributed by atoms with E-state index in [1.807, 2.05) is 6.92 Å². The molecule has 5 heteroatoms. The molecule has 0 atom stereocenters. The van der Waals surface area contributed by atoms with Gasteiger partial charge in [0.2, 0.25) is 0 Å². The first-order chi connectivity index (χ1) is 8.86. The molecule has 0 aliphatic rings. The van der Waals surface area contributed by atoms with E-state index in [2.05, 4.69) is 5.32 Å². The van der Waals surface area contributed by atoms with Gasteiger partial charge in [0.15, 0.2) is 0 Å². The Morgan fingerprint density at radius 3 is 2.32 bits per heavy atom. The van der Waals surface area contributed by atoms with Gasteiger partial charge in [0.25, 0.3) is 5.91 Å². The summed E-state index contributed by atoms with van der Waals surface area (Å²) in [6.45, 7) is 5.33. The van der Waals surface area contributed by atoms with E-state index in [1.165, 1.54) is 0 Å². The van der Waals surface area contributed by atoms with E-state index in [9.17, 15) is 14.7 Å². The number of benzene rings is 1. The van der Waals surface area contributed by atoms with Gasteiger partial charge in [0.05, 0.1) is 10.6 Å². The van der Waals surface area contributed by atoms with Crippen molar-refractivity contribution in [1.82, 2.24) is 5.32 Å². The van der Waals surface area contributed by atoms with Gasteiger partial charge in [-0.15, -0.1) is 0 Å². The lowest BCUT2D eigenvalue weighted by Gasteiger charge is -2.28. The molecule has 1 aromatic rings. The van der Waals surface area contributed by atoms with Crippen LogP contribution < -0.4 is 5.32 Å². The van der Waals surface area contributed by atoms with Crippen LogP contribution in [0.15, 0.2) is 18.2 Å². The molecule has 0 heterocycles. The van der Waals surface area contributed by atoms with Crippen LogP contribution in [0.25, 0.3) is 0 Å². The van der Waals surface area contributed by atoms with Crippen LogP contribution in [0, 0.1) is 6.92 Å². The molecular formula is C14H18ClNO3. The molecule has 1 aromatic carbocycles. The van der Waals surface area contributed by atoms with Gasteiger partial charge in [-0.1, -0.05) is 31.5 Å². The molecule has 0 saturated carbocycles. The Labute approximate surface area is 117 Å². The van der Waals surface area contributed by atoms with Crippen molar-refractivity contribution in [2.24, 2.45) is 0 Å². The zero-order valence-electron chi connectivity index (χ0n) is 11.3. The van der Waals surface area contributed by atoms with Gasteiger partial charge in [-0.25, -0.2) is 4.79 Å². The number of aliphatic carboxylic acids is 1. The Balaban J connectivity index is 3.04. The highest BCUT2D eigenvalue weighted by Gasteiger charge is 2.36. The summed E-state index contributed by atoms with van der Waals surface area (Å²) in [4.78, 5) is 23.5. The minimum Gasteiger partial charge on any atom is -0.480 e. The summed E-state index contributed by atoms with van der Waals surface area (Å²) in [5, 5.41) is 12.2. The van der Waals surface area contributed by atoms with E-state index in [0.717, 1.165) is 5.56 Å². The first kappa shape index (κ1) is 15.5. The maximum absolute atomic E-state index is 12.2. The largest absolute Gasteiger partial charge is 0.480 e. The second kappa shape index (κ2) is 6.06. The molecule has 0 aliphatic carbocycles. The molecule has 4 nitrogen and oxygen atoms in total. The van der Waals surface area contributed by atoms with E-state index in [0.29, 0.717) is 23.4 Å². The molecule has 0 spiro atoms. The molecule has 0 aliphatic heterocycles. The normalized spacial score (nSPS) is 11.2. The molecule has 104 valence electrons. The van der Waals surface area contributed by atoms with Crippen molar-refractivity contribution in [2.75, 3.05) is 0 Å². The van der Waals surface area contributed by atoms with E-state index in [4.69, 9.17) is 11.6 Å². The summed E-state index contributed by atoms with van der Waals surface area (Å²) in [6, 6.07) is 5.04. The number of amides is 1. The molecule has 0 fully saturated rings. The van der Waals surface area contributed by atoms with Crippen molar-refractivity contribution in [2.45, 2.75) is 39.2 Å². The predicted molar refractivity (Wildman–Crippen MR) is 74.6 cm³/mol. The van der Waals surface area contributed by atoms with Crippen LogP contribution >= 0.6 is 11.6 Å². The van der Waals surface area contributed by atoms with Gasteiger partial charge in [0.1, 0.15) is 5.54 Å². The van der Waals surface area contributed by atoms with Crippen LogP contribution in [-0.4, -0.2) is 22.5 Å². The number of hydrogen-bond donors (Lipinski definition) is 2. The average Bonchev–Trinajstić information content (AvgIpc) is 2.35. The molecule has 0 unspecified atom stereocenters. The average molecular weight is 284 g/mol. The van der Waals surface area contributed by atoms with Crippen molar-refractivity contribution in [3.8, 4) is 0 Å². The quantitative estimate of drug-likeness (QED) is 0.873. The zero-order chi connectivity index (χ0) is 14.6. The molecule has 0 aromatic heterocycles. The SMILES string of the molecule is CCC(CC)(NC(=O)c1ccc(C)cc1Cl)C(=O)O. The molecule has 0 radical (unpaired) electrons. The lowest BCUT2D eigenvalue weighted by atomic mass is 9.92. The zero-order valence-corrected chi connectivity index (χ0v) is 12.0. The van der Waals surface area contributed by atoms with Crippen LogP contribution in [0.4, 0.5) is 0 Å². The number of hydrogen-bond acceptors (Lipinski definition) is 2. The number of aryl methyl sites for hydroxylation is 1. The highest BCUT2D eigenvalue weighted by atomic mass is 35.5. The summed E-state index contributed by atoms with van der Waals surface area (Å²) in [5.41, 5.74) is -0.0116.